The van der Waals surface area contributed by atoms with E-state index in [2.05, 4.69) is 18.8 Å². The molecule has 0 saturated carbocycles. The van der Waals surface area contributed by atoms with E-state index in [1.165, 1.54) is 0 Å². The van der Waals surface area contributed by atoms with Gasteiger partial charge in [0, 0.05) is 15.8 Å². The first kappa shape index (κ1) is 11.0. The van der Waals surface area contributed by atoms with E-state index in [9.17, 15) is 4.79 Å². The summed E-state index contributed by atoms with van der Waals surface area (Å²) in [6, 6.07) is 3.51. The number of aromatic nitrogens is 1. The second-order valence-corrected chi connectivity index (χ2v) is 4.95. The zero-order valence-electron chi connectivity index (χ0n) is 8.44. The largest absolute Gasteiger partial charge is 0.477 e. The normalized spacial score (nSPS) is 10.6. The number of aromatic carboxylic acids is 1. The van der Waals surface area contributed by atoms with E-state index in [1.54, 1.807) is 24.8 Å². The molecule has 0 atom stereocenters. The zero-order chi connectivity index (χ0) is 10.7. The van der Waals surface area contributed by atoms with Gasteiger partial charge in [-0.3, -0.25) is 0 Å². The summed E-state index contributed by atoms with van der Waals surface area (Å²) < 4.78 is 0. The van der Waals surface area contributed by atoms with Crippen LogP contribution < -0.4 is 0 Å². The molecule has 1 aromatic heterocycles. The summed E-state index contributed by atoms with van der Waals surface area (Å²) in [7, 11) is 0. The summed E-state index contributed by atoms with van der Waals surface area (Å²) >= 11 is 1.64. The SMILES string of the molecule is Cc1cc(SC(C)C)cc(C(=O)O)n1. The van der Waals surface area contributed by atoms with Gasteiger partial charge >= 0.3 is 5.97 Å². The van der Waals surface area contributed by atoms with Crippen LogP contribution in [0.25, 0.3) is 0 Å². The topological polar surface area (TPSA) is 50.2 Å². The predicted octanol–water partition coefficient (Wildman–Crippen LogP) is 2.59. The highest BCUT2D eigenvalue weighted by Gasteiger charge is 2.08. The van der Waals surface area contributed by atoms with Crippen molar-refractivity contribution in [3.05, 3.63) is 23.5 Å². The number of hydrogen-bond acceptors (Lipinski definition) is 3. The molecule has 0 fully saturated rings. The van der Waals surface area contributed by atoms with Gasteiger partial charge in [0.05, 0.1) is 0 Å². The maximum absolute atomic E-state index is 10.7. The summed E-state index contributed by atoms with van der Waals surface area (Å²) in [6.45, 7) is 5.94. The molecule has 0 aliphatic rings. The Bertz CT molecular complexity index is 350. The first-order chi connectivity index (χ1) is 6.49. The first-order valence-corrected chi connectivity index (χ1v) is 5.25. The van der Waals surface area contributed by atoms with E-state index in [-0.39, 0.29) is 5.69 Å². The Morgan fingerprint density at radius 3 is 2.64 bits per heavy atom. The van der Waals surface area contributed by atoms with Crippen molar-refractivity contribution in [2.75, 3.05) is 0 Å². The Labute approximate surface area is 87.6 Å². The molecule has 0 aromatic carbocycles. The lowest BCUT2D eigenvalue weighted by molar-refractivity contribution is 0.0690. The fourth-order valence-corrected chi connectivity index (χ4v) is 2.05. The van der Waals surface area contributed by atoms with Crippen molar-refractivity contribution in [3.8, 4) is 0 Å². The van der Waals surface area contributed by atoms with Gasteiger partial charge in [-0.25, -0.2) is 9.78 Å². The second kappa shape index (κ2) is 4.46. The van der Waals surface area contributed by atoms with Crippen LogP contribution in [0, 0.1) is 6.92 Å². The fraction of sp³-hybridized carbons (Fsp3) is 0.400. The molecule has 1 rings (SSSR count). The standard InChI is InChI=1S/C10H13NO2S/c1-6(2)14-8-4-7(3)11-9(5-8)10(12)13/h4-6H,1-3H3,(H,12,13). The molecule has 1 aromatic rings. The molecule has 0 aliphatic heterocycles. The van der Waals surface area contributed by atoms with Crippen LogP contribution in [0.5, 0.6) is 0 Å². The molecule has 76 valence electrons. The molecule has 1 heterocycles. The van der Waals surface area contributed by atoms with Crippen LogP contribution in [-0.4, -0.2) is 21.3 Å². The molecule has 14 heavy (non-hydrogen) atoms. The average molecular weight is 211 g/mol. The van der Waals surface area contributed by atoms with Crippen molar-refractivity contribution in [2.24, 2.45) is 0 Å². The van der Waals surface area contributed by atoms with Crippen molar-refractivity contribution < 1.29 is 9.90 Å². The number of thioether (sulfide) groups is 1. The van der Waals surface area contributed by atoms with Crippen molar-refractivity contribution in [3.63, 3.8) is 0 Å². The highest BCUT2D eigenvalue weighted by atomic mass is 32.2. The van der Waals surface area contributed by atoms with Crippen LogP contribution in [0.4, 0.5) is 0 Å². The monoisotopic (exact) mass is 211 g/mol. The Hall–Kier alpha value is -1.03. The third kappa shape index (κ3) is 3.03. The molecule has 4 heteroatoms. The summed E-state index contributed by atoms with van der Waals surface area (Å²) in [6.07, 6.45) is 0. The zero-order valence-corrected chi connectivity index (χ0v) is 9.26. The first-order valence-electron chi connectivity index (χ1n) is 4.37. The second-order valence-electron chi connectivity index (χ2n) is 3.30. The van der Waals surface area contributed by atoms with E-state index >= 15 is 0 Å². The average Bonchev–Trinajstić information content (AvgIpc) is 2.01. The van der Waals surface area contributed by atoms with Gasteiger partial charge in [-0.05, 0) is 19.1 Å². The van der Waals surface area contributed by atoms with E-state index in [4.69, 9.17) is 5.11 Å². The lowest BCUT2D eigenvalue weighted by Gasteiger charge is -2.06. The van der Waals surface area contributed by atoms with Crippen LogP contribution in [0.15, 0.2) is 17.0 Å². The number of rotatable bonds is 3. The van der Waals surface area contributed by atoms with Crippen molar-refractivity contribution >= 4 is 17.7 Å². The van der Waals surface area contributed by atoms with Gasteiger partial charge in [-0.15, -0.1) is 11.8 Å². The van der Waals surface area contributed by atoms with Crippen LogP contribution in [0.1, 0.15) is 30.0 Å². The van der Waals surface area contributed by atoms with Gasteiger partial charge in [0.1, 0.15) is 5.69 Å². The third-order valence-corrected chi connectivity index (χ3v) is 2.50. The van der Waals surface area contributed by atoms with Crippen molar-refractivity contribution in [1.29, 1.82) is 0 Å². The predicted molar refractivity (Wildman–Crippen MR) is 56.9 cm³/mol. The molecule has 3 nitrogen and oxygen atoms in total. The minimum Gasteiger partial charge on any atom is -0.477 e. The van der Waals surface area contributed by atoms with Gasteiger partial charge in [-0.1, -0.05) is 13.8 Å². The molecular weight excluding hydrogens is 198 g/mol. The van der Waals surface area contributed by atoms with E-state index in [0.717, 1.165) is 10.6 Å². The van der Waals surface area contributed by atoms with Crippen molar-refractivity contribution in [1.82, 2.24) is 4.98 Å². The Balaban J connectivity index is 3.01. The summed E-state index contributed by atoms with van der Waals surface area (Å²) in [5.74, 6) is -0.973. The van der Waals surface area contributed by atoms with Crippen LogP contribution in [0.3, 0.4) is 0 Å². The maximum atomic E-state index is 10.7. The van der Waals surface area contributed by atoms with Gasteiger partial charge in [0.15, 0.2) is 0 Å². The number of pyridine rings is 1. The quantitative estimate of drug-likeness (QED) is 0.781. The third-order valence-electron chi connectivity index (χ3n) is 1.52. The molecule has 0 radical (unpaired) electrons. The lowest BCUT2D eigenvalue weighted by Crippen LogP contribution is -2.02. The summed E-state index contributed by atoms with van der Waals surface area (Å²) in [4.78, 5) is 15.6. The highest BCUT2D eigenvalue weighted by Crippen LogP contribution is 2.23. The molecule has 0 bridgehead atoms. The molecule has 1 N–H and O–H groups in total. The summed E-state index contributed by atoms with van der Waals surface area (Å²) in [5.41, 5.74) is 0.862. The molecular formula is C10H13NO2S. The number of hydrogen-bond donors (Lipinski definition) is 1. The van der Waals surface area contributed by atoms with Crippen LogP contribution >= 0.6 is 11.8 Å². The number of aryl methyl sites for hydroxylation is 1. The van der Waals surface area contributed by atoms with Crippen LogP contribution in [-0.2, 0) is 0 Å². The van der Waals surface area contributed by atoms with E-state index < -0.39 is 5.97 Å². The van der Waals surface area contributed by atoms with Gasteiger partial charge in [-0.2, -0.15) is 0 Å². The summed E-state index contributed by atoms with van der Waals surface area (Å²) in [5, 5.41) is 9.24. The lowest BCUT2D eigenvalue weighted by atomic mass is 10.3. The molecule has 0 amide bonds. The number of carboxylic acid groups (broad SMARTS) is 1. The number of carboxylic acids is 1. The Kier molecular flexibility index (Phi) is 3.52. The van der Waals surface area contributed by atoms with Crippen LogP contribution in [0.2, 0.25) is 0 Å². The molecule has 0 unspecified atom stereocenters. The Morgan fingerprint density at radius 1 is 1.50 bits per heavy atom. The fourth-order valence-electron chi connectivity index (χ4n) is 1.09. The maximum Gasteiger partial charge on any atom is 0.354 e. The number of carbonyl (C=O) groups is 1. The van der Waals surface area contributed by atoms with Gasteiger partial charge in [0.25, 0.3) is 0 Å². The van der Waals surface area contributed by atoms with Crippen molar-refractivity contribution in [2.45, 2.75) is 30.9 Å². The molecule has 0 spiro atoms. The van der Waals surface area contributed by atoms with E-state index in [1.807, 2.05) is 6.07 Å². The highest BCUT2D eigenvalue weighted by molar-refractivity contribution is 7.99. The number of nitrogens with zero attached hydrogens (tertiary/aromatic N) is 1. The van der Waals surface area contributed by atoms with Gasteiger partial charge < -0.3 is 5.11 Å². The van der Waals surface area contributed by atoms with Gasteiger partial charge in [0.2, 0.25) is 0 Å². The minimum atomic E-state index is -0.973. The smallest absolute Gasteiger partial charge is 0.354 e. The molecule has 0 aliphatic carbocycles. The molecule has 0 saturated heterocycles. The Morgan fingerprint density at radius 2 is 2.14 bits per heavy atom. The minimum absolute atomic E-state index is 0.119. The van der Waals surface area contributed by atoms with E-state index in [0.29, 0.717) is 5.25 Å².